The molecule has 0 saturated carbocycles. The van der Waals surface area contributed by atoms with Gasteiger partial charge in [0.05, 0.1) is 6.54 Å². The molecule has 0 aliphatic heterocycles. The topological polar surface area (TPSA) is 28.2 Å². The van der Waals surface area contributed by atoms with E-state index in [0.717, 1.165) is 12.4 Å². The zero-order valence-electron chi connectivity index (χ0n) is 10.2. The van der Waals surface area contributed by atoms with Gasteiger partial charge in [-0.05, 0) is 11.6 Å². The first-order valence-electron chi connectivity index (χ1n) is 5.46. The van der Waals surface area contributed by atoms with Crippen LogP contribution in [0.15, 0.2) is 18.3 Å². The van der Waals surface area contributed by atoms with E-state index in [1.807, 2.05) is 24.2 Å². The van der Waals surface area contributed by atoms with Crippen LogP contribution in [-0.2, 0) is 6.54 Å². The van der Waals surface area contributed by atoms with Crippen molar-refractivity contribution in [1.29, 1.82) is 0 Å². The fourth-order valence-electron chi connectivity index (χ4n) is 1.29. The number of pyridine rings is 1. The molecule has 1 aromatic rings. The van der Waals surface area contributed by atoms with Gasteiger partial charge in [0.2, 0.25) is 0 Å². The molecule has 1 rings (SSSR count). The van der Waals surface area contributed by atoms with Gasteiger partial charge in [-0.15, -0.1) is 6.42 Å². The minimum atomic E-state index is 0.490. The lowest BCUT2D eigenvalue weighted by Crippen LogP contribution is -2.22. The molecule has 3 nitrogen and oxygen atoms in total. The van der Waals surface area contributed by atoms with Gasteiger partial charge < -0.3 is 10.2 Å². The molecule has 0 saturated heterocycles. The van der Waals surface area contributed by atoms with Crippen LogP contribution in [0.1, 0.15) is 19.4 Å². The molecule has 86 valence electrons. The van der Waals surface area contributed by atoms with Crippen LogP contribution in [0, 0.1) is 12.3 Å². The number of hydrogen-bond donors (Lipinski definition) is 1. The normalized spacial score (nSPS) is 10.2. The summed E-state index contributed by atoms with van der Waals surface area (Å²) in [6.07, 6.45) is 7.13. The smallest absolute Gasteiger partial charge is 0.129 e. The van der Waals surface area contributed by atoms with E-state index in [4.69, 9.17) is 6.42 Å². The molecule has 0 bridgehead atoms. The third-order valence-corrected chi connectivity index (χ3v) is 2.24. The third kappa shape index (κ3) is 3.92. The van der Waals surface area contributed by atoms with Crippen molar-refractivity contribution in [3.63, 3.8) is 0 Å². The highest BCUT2D eigenvalue weighted by molar-refractivity contribution is 5.39. The van der Waals surface area contributed by atoms with E-state index in [2.05, 4.69) is 36.1 Å². The molecule has 3 heteroatoms. The van der Waals surface area contributed by atoms with Gasteiger partial charge in [0.25, 0.3) is 0 Å². The molecule has 16 heavy (non-hydrogen) atoms. The zero-order valence-corrected chi connectivity index (χ0v) is 10.2. The maximum atomic E-state index is 5.25. The number of nitrogens with one attached hydrogen (secondary N) is 1. The van der Waals surface area contributed by atoms with E-state index in [0.29, 0.717) is 12.6 Å². The van der Waals surface area contributed by atoms with Crippen molar-refractivity contribution < 1.29 is 0 Å². The van der Waals surface area contributed by atoms with Crippen LogP contribution in [0.2, 0.25) is 0 Å². The Labute approximate surface area is 97.9 Å². The summed E-state index contributed by atoms with van der Waals surface area (Å²) < 4.78 is 0. The Morgan fingerprint density at radius 1 is 1.50 bits per heavy atom. The summed E-state index contributed by atoms with van der Waals surface area (Å²) in [6, 6.07) is 4.56. The summed E-state index contributed by atoms with van der Waals surface area (Å²) in [4.78, 5) is 6.31. The summed E-state index contributed by atoms with van der Waals surface area (Å²) in [6.45, 7) is 5.69. The summed E-state index contributed by atoms with van der Waals surface area (Å²) in [5.41, 5.74) is 1.19. The Hall–Kier alpha value is -1.53. The SMILES string of the molecule is C#CCN(C)c1ccc(CNC(C)C)cn1. The Morgan fingerprint density at radius 2 is 2.25 bits per heavy atom. The van der Waals surface area contributed by atoms with Gasteiger partial charge >= 0.3 is 0 Å². The maximum Gasteiger partial charge on any atom is 0.129 e. The molecule has 0 aliphatic carbocycles. The summed E-state index contributed by atoms with van der Waals surface area (Å²) in [5, 5.41) is 3.35. The number of rotatable bonds is 5. The molecular formula is C13H19N3. The second-order valence-corrected chi connectivity index (χ2v) is 4.12. The number of hydrogen-bond acceptors (Lipinski definition) is 3. The van der Waals surface area contributed by atoms with E-state index in [9.17, 15) is 0 Å². The van der Waals surface area contributed by atoms with Gasteiger partial charge in [0, 0.05) is 25.8 Å². The molecule has 0 aliphatic rings. The molecule has 0 amide bonds. The molecule has 0 spiro atoms. The first kappa shape index (κ1) is 12.5. The summed E-state index contributed by atoms with van der Waals surface area (Å²) in [5.74, 6) is 3.50. The van der Waals surface area contributed by atoms with E-state index in [1.54, 1.807) is 0 Å². The largest absolute Gasteiger partial charge is 0.349 e. The van der Waals surface area contributed by atoms with Crippen molar-refractivity contribution in [3.8, 4) is 12.3 Å². The van der Waals surface area contributed by atoms with Crippen molar-refractivity contribution >= 4 is 5.82 Å². The number of aromatic nitrogens is 1. The van der Waals surface area contributed by atoms with Crippen molar-refractivity contribution in [2.45, 2.75) is 26.4 Å². The molecule has 0 unspecified atom stereocenters. The van der Waals surface area contributed by atoms with Gasteiger partial charge in [-0.3, -0.25) is 0 Å². The predicted octanol–water partition coefficient (Wildman–Crippen LogP) is 1.65. The van der Waals surface area contributed by atoms with Crippen LogP contribution >= 0.6 is 0 Å². The van der Waals surface area contributed by atoms with Gasteiger partial charge in [0.15, 0.2) is 0 Å². The summed E-state index contributed by atoms with van der Waals surface area (Å²) >= 11 is 0. The van der Waals surface area contributed by atoms with Gasteiger partial charge in [0.1, 0.15) is 5.82 Å². The first-order chi connectivity index (χ1) is 7.63. The second kappa shape index (κ2) is 6.14. The van der Waals surface area contributed by atoms with Crippen LogP contribution in [0.25, 0.3) is 0 Å². The minimum Gasteiger partial charge on any atom is -0.349 e. The summed E-state index contributed by atoms with van der Waals surface area (Å²) in [7, 11) is 1.94. The number of anilines is 1. The first-order valence-corrected chi connectivity index (χ1v) is 5.46. The van der Waals surface area contributed by atoms with Crippen molar-refractivity contribution in [2.24, 2.45) is 0 Å². The molecule has 1 aromatic heterocycles. The number of terminal acetylenes is 1. The minimum absolute atomic E-state index is 0.490. The highest BCUT2D eigenvalue weighted by atomic mass is 15.1. The molecular weight excluding hydrogens is 198 g/mol. The average Bonchev–Trinajstić information content (AvgIpc) is 2.27. The highest BCUT2D eigenvalue weighted by Gasteiger charge is 2.01. The van der Waals surface area contributed by atoms with Crippen molar-refractivity contribution in [3.05, 3.63) is 23.9 Å². The van der Waals surface area contributed by atoms with Gasteiger partial charge in [-0.1, -0.05) is 25.8 Å². The maximum absolute atomic E-state index is 5.25. The fourth-order valence-corrected chi connectivity index (χ4v) is 1.29. The van der Waals surface area contributed by atoms with Crippen LogP contribution in [0.3, 0.4) is 0 Å². The van der Waals surface area contributed by atoms with Crippen molar-refractivity contribution in [2.75, 3.05) is 18.5 Å². The third-order valence-electron chi connectivity index (χ3n) is 2.24. The second-order valence-electron chi connectivity index (χ2n) is 4.12. The Balaban J connectivity index is 2.58. The average molecular weight is 217 g/mol. The van der Waals surface area contributed by atoms with E-state index in [1.165, 1.54) is 5.56 Å². The monoisotopic (exact) mass is 217 g/mol. The lowest BCUT2D eigenvalue weighted by molar-refractivity contribution is 0.588. The van der Waals surface area contributed by atoms with E-state index >= 15 is 0 Å². The fraction of sp³-hybridized carbons (Fsp3) is 0.462. The predicted molar refractivity (Wildman–Crippen MR) is 68.3 cm³/mol. The van der Waals surface area contributed by atoms with Crippen LogP contribution in [-0.4, -0.2) is 24.6 Å². The molecule has 1 heterocycles. The molecule has 0 aromatic carbocycles. The van der Waals surface area contributed by atoms with Crippen LogP contribution in [0.4, 0.5) is 5.82 Å². The molecule has 0 radical (unpaired) electrons. The zero-order chi connectivity index (χ0) is 12.0. The van der Waals surface area contributed by atoms with Crippen LogP contribution < -0.4 is 10.2 Å². The molecule has 0 fully saturated rings. The molecule has 1 N–H and O–H groups in total. The lowest BCUT2D eigenvalue weighted by Gasteiger charge is -2.15. The Kier molecular flexibility index (Phi) is 4.81. The highest BCUT2D eigenvalue weighted by Crippen LogP contribution is 2.08. The molecule has 0 atom stereocenters. The van der Waals surface area contributed by atoms with Gasteiger partial charge in [-0.25, -0.2) is 4.98 Å². The van der Waals surface area contributed by atoms with E-state index in [-0.39, 0.29) is 0 Å². The number of nitrogens with zero attached hydrogens (tertiary/aromatic N) is 2. The standard InChI is InChI=1S/C13H19N3/c1-5-8-16(4)13-7-6-12(10-15-13)9-14-11(2)3/h1,6-7,10-11,14H,8-9H2,2-4H3. The quantitative estimate of drug-likeness (QED) is 0.760. The van der Waals surface area contributed by atoms with Crippen molar-refractivity contribution in [1.82, 2.24) is 10.3 Å². The Morgan fingerprint density at radius 3 is 2.75 bits per heavy atom. The lowest BCUT2D eigenvalue weighted by atomic mass is 10.2. The van der Waals surface area contributed by atoms with Gasteiger partial charge in [-0.2, -0.15) is 0 Å². The van der Waals surface area contributed by atoms with E-state index < -0.39 is 0 Å². The van der Waals surface area contributed by atoms with Crippen LogP contribution in [0.5, 0.6) is 0 Å². The Bertz CT molecular complexity index is 348.